The van der Waals surface area contributed by atoms with Crippen molar-refractivity contribution in [3.05, 3.63) is 81.2 Å². The summed E-state index contributed by atoms with van der Waals surface area (Å²) in [5.41, 5.74) is 2.83. The van der Waals surface area contributed by atoms with Gasteiger partial charge in [0.2, 0.25) is 5.91 Å². The predicted molar refractivity (Wildman–Crippen MR) is 126 cm³/mol. The fourth-order valence-corrected chi connectivity index (χ4v) is 3.24. The average molecular weight is 450 g/mol. The van der Waals surface area contributed by atoms with Gasteiger partial charge in [0, 0.05) is 22.4 Å². The van der Waals surface area contributed by atoms with Gasteiger partial charge in [0.15, 0.2) is 0 Å². The Balaban J connectivity index is 1.68. The molecule has 3 aromatic rings. The number of nitrogens with one attached hydrogen (secondary N) is 2. The Labute approximate surface area is 192 Å². The number of nitrogens with zero attached hydrogens (tertiary/aromatic N) is 3. The maximum atomic E-state index is 12.7. The highest BCUT2D eigenvalue weighted by atomic mass is 16.6. The van der Waals surface area contributed by atoms with Crippen molar-refractivity contribution in [3.63, 3.8) is 0 Å². The summed E-state index contributed by atoms with van der Waals surface area (Å²) in [4.78, 5) is 35.6. The molecule has 33 heavy (non-hydrogen) atoms. The third-order valence-corrected chi connectivity index (χ3v) is 5.13. The number of benzene rings is 2. The average Bonchev–Trinajstić information content (AvgIpc) is 3.01. The van der Waals surface area contributed by atoms with Crippen molar-refractivity contribution in [2.45, 2.75) is 41.2 Å². The first-order chi connectivity index (χ1) is 15.5. The summed E-state index contributed by atoms with van der Waals surface area (Å²) < 4.78 is 1.58. The van der Waals surface area contributed by atoms with E-state index >= 15 is 0 Å². The summed E-state index contributed by atoms with van der Waals surface area (Å²) >= 11 is 0. The normalized spacial score (nSPS) is 11.2. The highest BCUT2D eigenvalue weighted by Gasteiger charge is 2.22. The lowest BCUT2D eigenvalue weighted by Gasteiger charge is -2.18. The first-order valence-corrected chi connectivity index (χ1v) is 10.5. The fourth-order valence-electron chi connectivity index (χ4n) is 3.24. The molecule has 0 aliphatic rings. The molecular weight excluding hydrogens is 422 g/mol. The van der Waals surface area contributed by atoms with Gasteiger partial charge in [-0.25, -0.2) is 0 Å². The Morgan fingerprint density at radius 2 is 1.64 bits per heavy atom. The van der Waals surface area contributed by atoms with Gasteiger partial charge < -0.3 is 10.6 Å². The topological polar surface area (TPSA) is 119 Å². The largest absolute Gasteiger partial charge is 0.326 e. The highest BCUT2D eigenvalue weighted by molar-refractivity contribution is 6.04. The van der Waals surface area contributed by atoms with Crippen molar-refractivity contribution in [2.75, 3.05) is 10.6 Å². The van der Waals surface area contributed by atoms with Gasteiger partial charge in [-0.15, -0.1) is 0 Å². The lowest BCUT2D eigenvalue weighted by Crippen LogP contribution is -2.27. The van der Waals surface area contributed by atoms with E-state index in [9.17, 15) is 19.7 Å². The summed E-state index contributed by atoms with van der Waals surface area (Å²) in [6.07, 6.45) is 0. The molecule has 9 heteroatoms. The number of hydrogen-bond acceptors (Lipinski definition) is 5. The van der Waals surface area contributed by atoms with Gasteiger partial charge in [-0.3, -0.25) is 24.4 Å². The van der Waals surface area contributed by atoms with Crippen LogP contribution in [0.1, 0.15) is 48.1 Å². The molecule has 0 aliphatic carbocycles. The molecular formula is C24H27N5O4. The van der Waals surface area contributed by atoms with Crippen molar-refractivity contribution >= 4 is 28.9 Å². The second-order valence-electron chi connectivity index (χ2n) is 8.87. The number of carbonyl (C=O) groups is 2. The molecule has 2 amide bonds. The molecule has 0 bridgehead atoms. The highest BCUT2D eigenvalue weighted by Crippen LogP contribution is 2.23. The first kappa shape index (κ1) is 23.6. The Kier molecular flexibility index (Phi) is 6.62. The molecule has 172 valence electrons. The van der Waals surface area contributed by atoms with Crippen LogP contribution in [-0.2, 0) is 11.3 Å². The van der Waals surface area contributed by atoms with E-state index in [4.69, 9.17) is 0 Å². The molecule has 0 fully saturated rings. The van der Waals surface area contributed by atoms with Gasteiger partial charge in [-0.05, 0) is 49.7 Å². The molecule has 9 nitrogen and oxygen atoms in total. The maximum absolute atomic E-state index is 12.7. The van der Waals surface area contributed by atoms with Gasteiger partial charge in [-0.2, -0.15) is 5.10 Å². The van der Waals surface area contributed by atoms with E-state index in [0.29, 0.717) is 34.9 Å². The second kappa shape index (κ2) is 9.23. The van der Waals surface area contributed by atoms with Crippen LogP contribution < -0.4 is 10.6 Å². The number of rotatable bonds is 6. The molecule has 0 saturated heterocycles. The lowest BCUT2D eigenvalue weighted by atomic mass is 9.95. The van der Waals surface area contributed by atoms with Crippen LogP contribution in [0.3, 0.4) is 0 Å². The van der Waals surface area contributed by atoms with Crippen LogP contribution in [0.5, 0.6) is 0 Å². The molecule has 0 atom stereocenters. The molecule has 2 N–H and O–H groups in total. The van der Waals surface area contributed by atoms with Crippen molar-refractivity contribution in [1.29, 1.82) is 0 Å². The van der Waals surface area contributed by atoms with E-state index in [1.165, 1.54) is 0 Å². The van der Waals surface area contributed by atoms with E-state index in [2.05, 4.69) is 15.7 Å². The minimum absolute atomic E-state index is 0.0203. The molecule has 3 rings (SSSR count). The van der Waals surface area contributed by atoms with Gasteiger partial charge in [0.25, 0.3) is 5.91 Å². The number of aryl methyl sites for hydroxylation is 1. The number of aromatic nitrogens is 2. The van der Waals surface area contributed by atoms with Crippen molar-refractivity contribution < 1.29 is 14.5 Å². The zero-order chi connectivity index (χ0) is 24.3. The maximum Gasteiger partial charge on any atom is 0.312 e. The number of carbonyl (C=O) groups excluding carboxylic acids is 2. The summed E-state index contributed by atoms with van der Waals surface area (Å²) in [5.74, 6) is -0.405. The lowest BCUT2D eigenvalue weighted by molar-refractivity contribution is -0.386. The smallest absolute Gasteiger partial charge is 0.312 e. The minimum Gasteiger partial charge on any atom is -0.326 e. The number of nitro groups is 1. The SMILES string of the molecule is Cc1nn(Cc2ccc(C(=O)Nc3cccc(NC(=O)C(C)(C)C)c3)cc2)c(C)c1[N+](=O)[O-]. The number of amides is 2. The monoisotopic (exact) mass is 449 g/mol. The molecule has 0 saturated carbocycles. The molecule has 0 unspecified atom stereocenters. The molecule has 0 spiro atoms. The zero-order valence-electron chi connectivity index (χ0n) is 19.3. The summed E-state index contributed by atoms with van der Waals surface area (Å²) in [7, 11) is 0. The van der Waals surface area contributed by atoms with Crippen molar-refractivity contribution in [1.82, 2.24) is 9.78 Å². The van der Waals surface area contributed by atoms with Crippen LogP contribution in [0.15, 0.2) is 48.5 Å². The van der Waals surface area contributed by atoms with E-state index in [0.717, 1.165) is 5.56 Å². The van der Waals surface area contributed by atoms with Crippen LogP contribution in [0.2, 0.25) is 0 Å². The summed E-state index contributed by atoms with van der Waals surface area (Å²) in [6, 6.07) is 13.9. The van der Waals surface area contributed by atoms with Gasteiger partial charge in [-0.1, -0.05) is 39.0 Å². The third kappa shape index (κ3) is 5.62. The van der Waals surface area contributed by atoms with Crippen LogP contribution in [0.25, 0.3) is 0 Å². The standard InChI is InChI=1S/C24H27N5O4/c1-15-21(29(32)33)16(2)28(27-15)14-17-9-11-18(12-10-17)22(30)25-19-7-6-8-20(13-19)26-23(31)24(3,4)5/h6-13H,14H2,1-5H3,(H,25,30)(H,26,31). The summed E-state index contributed by atoms with van der Waals surface area (Å²) in [6.45, 7) is 9.11. The van der Waals surface area contributed by atoms with Crippen LogP contribution >= 0.6 is 0 Å². The zero-order valence-corrected chi connectivity index (χ0v) is 19.3. The molecule has 1 aromatic heterocycles. The molecule has 0 radical (unpaired) electrons. The Bertz CT molecular complexity index is 1210. The van der Waals surface area contributed by atoms with E-state index < -0.39 is 10.3 Å². The Morgan fingerprint density at radius 3 is 2.18 bits per heavy atom. The van der Waals surface area contributed by atoms with E-state index in [1.807, 2.05) is 20.8 Å². The van der Waals surface area contributed by atoms with Crippen LogP contribution in [-0.4, -0.2) is 26.5 Å². The molecule has 1 heterocycles. The van der Waals surface area contributed by atoms with Gasteiger partial charge in [0.1, 0.15) is 11.4 Å². The van der Waals surface area contributed by atoms with Gasteiger partial charge in [0.05, 0.1) is 11.5 Å². The number of hydrogen-bond donors (Lipinski definition) is 2. The first-order valence-electron chi connectivity index (χ1n) is 10.5. The van der Waals surface area contributed by atoms with Crippen molar-refractivity contribution in [3.8, 4) is 0 Å². The Hall–Kier alpha value is -4.01. The second-order valence-corrected chi connectivity index (χ2v) is 8.87. The minimum atomic E-state index is -0.528. The fraction of sp³-hybridized carbons (Fsp3) is 0.292. The van der Waals surface area contributed by atoms with E-state index in [-0.39, 0.29) is 17.5 Å². The van der Waals surface area contributed by atoms with E-state index in [1.54, 1.807) is 67.1 Å². The number of anilines is 2. The predicted octanol–water partition coefficient (Wildman–Crippen LogP) is 4.69. The van der Waals surface area contributed by atoms with Crippen molar-refractivity contribution in [2.24, 2.45) is 5.41 Å². The Morgan fingerprint density at radius 1 is 1.03 bits per heavy atom. The van der Waals surface area contributed by atoms with Crippen LogP contribution in [0.4, 0.5) is 17.1 Å². The molecule has 0 aliphatic heterocycles. The summed E-state index contributed by atoms with van der Waals surface area (Å²) in [5, 5.41) is 21.1. The third-order valence-electron chi connectivity index (χ3n) is 5.13. The quantitative estimate of drug-likeness (QED) is 0.418. The van der Waals surface area contributed by atoms with Crippen LogP contribution in [0, 0.1) is 29.4 Å². The van der Waals surface area contributed by atoms with Gasteiger partial charge >= 0.3 is 5.69 Å². The molecule has 2 aromatic carbocycles.